The van der Waals surface area contributed by atoms with Crippen molar-refractivity contribution in [3.63, 3.8) is 0 Å². The molecular weight excluding hydrogens is 216 g/mol. The lowest BCUT2D eigenvalue weighted by Gasteiger charge is -2.33. The van der Waals surface area contributed by atoms with Crippen LogP contribution in [0.15, 0.2) is 0 Å². The number of hydrogen-bond acceptors (Lipinski definition) is 2. The maximum atomic E-state index is 12.2. The Balaban J connectivity index is 1.92. The van der Waals surface area contributed by atoms with Crippen LogP contribution in [0, 0.1) is 5.92 Å². The van der Waals surface area contributed by atoms with Crippen LogP contribution in [0.1, 0.15) is 39.0 Å². The van der Waals surface area contributed by atoms with E-state index in [4.69, 9.17) is 0 Å². The van der Waals surface area contributed by atoms with Gasteiger partial charge in [0.05, 0.1) is 5.92 Å². The van der Waals surface area contributed by atoms with Gasteiger partial charge < -0.3 is 9.80 Å². The predicted octanol–water partition coefficient (Wildman–Crippen LogP) is 1.26. The largest absolute Gasteiger partial charge is 0.342 e. The second kappa shape index (κ2) is 5.52. The van der Waals surface area contributed by atoms with E-state index < -0.39 is 0 Å². The molecular formula is C13H22N2O2. The lowest BCUT2D eigenvalue weighted by Crippen LogP contribution is -2.46. The molecule has 0 aliphatic carbocycles. The van der Waals surface area contributed by atoms with Crippen molar-refractivity contribution in [2.45, 2.75) is 39.0 Å². The van der Waals surface area contributed by atoms with Gasteiger partial charge in [0, 0.05) is 32.6 Å². The number of piperidine rings is 1. The van der Waals surface area contributed by atoms with Crippen molar-refractivity contribution in [1.82, 2.24) is 9.80 Å². The van der Waals surface area contributed by atoms with Crippen molar-refractivity contribution in [3.05, 3.63) is 0 Å². The van der Waals surface area contributed by atoms with Crippen LogP contribution in [0.5, 0.6) is 0 Å². The Kier molecular flexibility index (Phi) is 4.02. The Morgan fingerprint density at radius 3 is 2.35 bits per heavy atom. The molecule has 0 aromatic rings. The third-order valence-electron chi connectivity index (χ3n) is 3.84. The van der Waals surface area contributed by atoms with Crippen LogP contribution in [0.25, 0.3) is 0 Å². The normalized spacial score (nSPS) is 25.1. The van der Waals surface area contributed by atoms with Gasteiger partial charge in [0.15, 0.2) is 0 Å². The van der Waals surface area contributed by atoms with Crippen LogP contribution < -0.4 is 0 Å². The number of likely N-dealkylation sites (tertiary alicyclic amines) is 2. The average molecular weight is 238 g/mol. The van der Waals surface area contributed by atoms with Crippen molar-refractivity contribution in [1.29, 1.82) is 0 Å². The van der Waals surface area contributed by atoms with Crippen molar-refractivity contribution < 1.29 is 9.59 Å². The SMILES string of the molecule is CCC(=O)N1CCCC(C(=O)N2CCCC2)C1. The first-order chi connectivity index (χ1) is 8.22. The summed E-state index contributed by atoms with van der Waals surface area (Å²) in [6.07, 6.45) is 4.73. The monoisotopic (exact) mass is 238 g/mol. The molecule has 0 aromatic heterocycles. The number of nitrogens with zero attached hydrogens (tertiary/aromatic N) is 2. The quantitative estimate of drug-likeness (QED) is 0.726. The van der Waals surface area contributed by atoms with Gasteiger partial charge in [0.2, 0.25) is 11.8 Å². The molecule has 1 unspecified atom stereocenters. The summed E-state index contributed by atoms with van der Waals surface area (Å²) in [6, 6.07) is 0. The van der Waals surface area contributed by atoms with Gasteiger partial charge in [-0.25, -0.2) is 0 Å². The van der Waals surface area contributed by atoms with E-state index in [9.17, 15) is 9.59 Å². The van der Waals surface area contributed by atoms with E-state index in [-0.39, 0.29) is 17.7 Å². The van der Waals surface area contributed by atoms with Crippen LogP contribution in [0.4, 0.5) is 0 Å². The second-order valence-electron chi connectivity index (χ2n) is 5.06. The van der Waals surface area contributed by atoms with E-state index in [2.05, 4.69) is 0 Å². The van der Waals surface area contributed by atoms with Gasteiger partial charge in [-0.3, -0.25) is 9.59 Å². The Bertz CT molecular complexity index is 298. The minimum atomic E-state index is 0.0531. The predicted molar refractivity (Wildman–Crippen MR) is 65.4 cm³/mol. The molecule has 2 rings (SSSR count). The first-order valence-corrected chi connectivity index (χ1v) is 6.79. The highest BCUT2D eigenvalue weighted by atomic mass is 16.2. The van der Waals surface area contributed by atoms with E-state index in [0.29, 0.717) is 13.0 Å². The van der Waals surface area contributed by atoms with Crippen LogP contribution in [0.2, 0.25) is 0 Å². The van der Waals surface area contributed by atoms with Crippen molar-refractivity contribution in [3.8, 4) is 0 Å². The number of rotatable bonds is 2. The molecule has 2 fully saturated rings. The van der Waals surface area contributed by atoms with Gasteiger partial charge in [-0.2, -0.15) is 0 Å². The Hall–Kier alpha value is -1.06. The third kappa shape index (κ3) is 2.79. The van der Waals surface area contributed by atoms with Crippen molar-refractivity contribution in [2.24, 2.45) is 5.92 Å². The molecule has 4 heteroatoms. The van der Waals surface area contributed by atoms with Crippen LogP contribution in [0.3, 0.4) is 0 Å². The minimum Gasteiger partial charge on any atom is -0.342 e. The fourth-order valence-electron chi connectivity index (χ4n) is 2.82. The van der Waals surface area contributed by atoms with E-state index >= 15 is 0 Å². The Labute approximate surface area is 103 Å². The zero-order chi connectivity index (χ0) is 12.3. The highest BCUT2D eigenvalue weighted by molar-refractivity contribution is 5.81. The molecule has 0 N–H and O–H groups in total. The van der Waals surface area contributed by atoms with E-state index in [1.165, 1.54) is 0 Å². The standard InChI is InChI=1S/C13H22N2O2/c1-2-12(16)15-9-5-6-11(10-15)13(17)14-7-3-4-8-14/h11H,2-10H2,1H3. The fourth-order valence-corrected chi connectivity index (χ4v) is 2.82. The summed E-state index contributed by atoms with van der Waals surface area (Å²) in [5, 5.41) is 0. The first-order valence-electron chi connectivity index (χ1n) is 6.79. The van der Waals surface area contributed by atoms with Gasteiger partial charge in [0.1, 0.15) is 0 Å². The summed E-state index contributed by atoms with van der Waals surface area (Å²) in [6.45, 7) is 5.18. The topological polar surface area (TPSA) is 40.6 Å². The van der Waals surface area contributed by atoms with Gasteiger partial charge in [-0.05, 0) is 25.7 Å². The fraction of sp³-hybridized carbons (Fsp3) is 0.846. The van der Waals surface area contributed by atoms with Gasteiger partial charge >= 0.3 is 0 Å². The lowest BCUT2D eigenvalue weighted by atomic mass is 9.96. The molecule has 2 heterocycles. The molecule has 2 amide bonds. The second-order valence-corrected chi connectivity index (χ2v) is 5.06. The third-order valence-corrected chi connectivity index (χ3v) is 3.84. The summed E-state index contributed by atoms with van der Waals surface area (Å²) in [7, 11) is 0. The van der Waals surface area contributed by atoms with Gasteiger partial charge in [0.25, 0.3) is 0 Å². The number of carbonyl (C=O) groups excluding carboxylic acids is 2. The molecule has 2 saturated heterocycles. The van der Waals surface area contributed by atoms with Crippen molar-refractivity contribution >= 4 is 11.8 Å². The molecule has 17 heavy (non-hydrogen) atoms. The number of carbonyl (C=O) groups is 2. The molecule has 1 atom stereocenters. The number of hydrogen-bond donors (Lipinski definition) is 0. The summed E-state index contributed by atoms with van der Waals surface area (Å²) in [5.41, 5.74) is 0. The van der Waals surface area contributed by atoms with Crippen molar-refractivity contribution in [2.75, 3.05) is 26.2 Å². The zero-order valence-corrected chi connectivity index (χ0v) is 10.7. The molecule has 0 spiro atoms. The average Bonchev–Trinajstić information content (AvgIpc) is 2.91. The van der Waals surface area contributed by atoms with E-state index in [1.54, 1.807) is 0 Å². The highest BCUT2D eigenvalue weighted by Crippen LogP contribution is 2.21. The summed E-state index contributed by atoms with van der Waals surface area (Å²) >= 11 is 0. The summed E-state index contributed by atoms with van der Waals surface area (Å²) in [5.74, 6) is 0.511. The van der Waals surface area contributed by atoms with E-state index in [1.807, 2.05) is 16.7 Å². The molecule has 96 valence electrons. The minimum absolute atomic E-state index is 0.0531. The lowest BCUT2D eigenvalue weighted by molar-refractivity contribution is -0.140. The van der Waals surface area contributed by atoms with Gasteiger partial charge in [-0.1, -0.05) is 6.92 Å². The highest BCUT2D eigenvalue weighted by Gasteiger charge is 2.31. The molecule has 2 aliphatic rings. The maximum Gasteiger partial charge on any atom is 0.227 e. The first kappa shape index (κ1) is 12.4. The van der Waals surface area contributed by atoms with Crippen LogP contribution >= 0.6 is 0 Å². The molecule has 4 nitrogen and oxygen atoms in total. The number of amides is 2. The smallest absolute Gasteiger partial charge is 0.227 e. The summed E-state index contributed by atoms with van der Waals surface area (Å²) < 4.78 is 0. The molecule has 0 saturated carbocycles. The van der Waals surface area contributed by atoms with Gasteiger partial charge in [-0.15, -0.1) is 0 Å². The molecule has 0 bridgehead atoms. The molecule has 0 aromatic carbocycles. The van der Waals surface area contributed by atoms with Crippen LogP contribution in [-0.2, 0) is 9.59 Å². The molecule has 2 aliphatic heterocycles. The summed E-state index contributed by atoms with van der Waals surface area (Å²) in [4.78, 5) is 27.7. The molecule has 0 radical (unpaired) electrons. The Morgan fingerprint density at radius 2 is 1.71 bits per heavy atom. The maximum absolute atomic E-state index is 12.2. The Morgan fingerprint density at radius 1 is 1.06 bits per heavy atom. The van der Waals surface area contributed by atoms with E-state index in [0.717, 1.165) is 45.3 Å². The zero-order valence-electron chi connectivity index (χ0n) is 10.7. The van der Waals surface area contributed by atoms with Crippen LogP contribution in [-0.4, -0.2) is 47.8 Å².